The summed E-state index contributed by atoms with van der Waals surface area (Å²) in [6.07, 6.45) is -4.44. The van der Waals surface area contributed by atoms with E-state index in [0.717, 1.165) is 29.2 Å². The molecule has 4 N–H and O–H groups in total. The van der Waals surface area contributed by atoms with Crippen LogP contribution in [-0.4, -0.2) is 19.6 Å². The van der Waals surface area contributed by atoms with E-state index in [-0.39, 0.29) is 18.2 Å². The van der Waals surface area contributed by atoms with Crippen molar-refractivity contribution >= 4 is 17.3 Å². The predicted octanol–water partition coefficient (Wildman–Crippen LogP) is 3.06. The third-order valence-electron chi connectivity index (χ3n) is 4.70. The summed E-state index contributed by atoms with van der Waals surface area (Å²) in [5, 5.41) is 14.8. The molecule has 0 radical (unpaired) electrons. The number of aromatic nitrogens is 4. The van der Waals surface area contributed by atoms with Gasteiger partial charge in [-0.1, -0.05) is 13.8 Å². The van der Waals surface area contributed by atoms with Crippen LogP contribution in [0.2, 0.25) is 0 Å². The number of nitrogens with zero attached hydrogens (tertiary/aromatic N) is 4. The highest BCUT2D eigenvalue weighted by Gasteiger charge is 2.31. The fourth-order valence-corrected chi connectivity index (χ4v) is 3.43. The smallest absolute Gasteiger partial charge is 0.399 e. The molecule has 0 aliphatic carbocycles. The zero-order chi connectivity index (χ0) is 20.1. The van der Waals surface area contributed by atoms with Gasteiger partial charge < -0.3 is 16.4 Å². The summed E-state index contributed by atoms with van der Waals surface area (Å²) in [7, 11) is 0. The van der Waals surface area contributed by atoms with E-state index in [1.165, 1.54) is 6.07 Å². The standard InChI is InChI=1S/C18H20F3N7/c1-9(2)16-26-27-17-25-15(13-7-23-8-14(13)28(16)17)24-6-10-3-11(18(19,20)21)5-12(22)4-10/h3-5,9,23H,6-8,22H2,1-2H3,(H,24,25,27). The second kappa shape index (κ2) is 6.62. The van der Waals surface area contributed by atoms with Crippen molar-refractivity contribution in [2.24, 2.45) is 0 Å². The van der Waals surface area contributed by atoms with Crippen molar-refractivity contribution in [3.63, 3.8) is 0 Å². The lowest BCUT2D eigenvalue weighted by Crippen LogP contribution is -2.11. The molecule has 0 unspecified atom stereocenters. The number of benzene rings is 1. The van der Waals surface area contributed by atoms with Crippen LogP contribution in [0.15, 0.2) is 18.2 Å². The first-order valence-corrected chi connectivity index (χ1v) is 8.92. The lowest BCUT2D eigenvalue weighted by molar-refractivity contribution is -0.137. The van der Waals surface area contributed by atoms with Crippen LogP contribution in [0, 0.1) is 0 Å². The van der Waals surface area contributed by atoms with Crippen molar-refractivity contribution in [1.29, 1.82) is 0 Å². The highest BCUT2D eigenvalue weighted by Crippen LogP contribution is 2.32. The van der Waals surface area contributed by atoms with E-state index in [4.69, 9.17) is 5.73 Å². The van der Waals surface area contributed by atoms with Gasteiger partial charge in [-0.2, -0.15) is 18.2 Å². The fraction of sp³-hybridized carbons (Fsp3) is 0.389. The Morgan fingerprint density at radius 1 is 1.21 bits per heavy atom. The summed E-state index contributed by atoms with van der Waals surface area (Å²) in [4.78, 5) is 4.54. The number of alkyl halides is 3. The van der Waals surface area contributed by atoms with Crippen LogP contribution in [0.3, 0.4) is 0 Å². The van der Waals surface area contributed by atoms with Crippen LogP contribution in [0.1, 0.15) is 48.0 Å². The minimum absolute atomic E-state index is 0.0703. The van der Waals surface area contributed by atoms with Gasteiger partial charge >= 0.3 is 6.18 Å². The monoisotopic (exact) mass is 391 g/mol. The third kappa shape index (κ3) is 3.24. The summed E-state index contributed by atoms with van der Waals surface area (Å²) >= 11 is 0. The van der Waals surface area contributed by atoms with Gasteiger partial charge in [0.15, 0.2) is 0 Å². The number of anilines is 2. The molecule has 1 aliphatic rings. The quantitative estimate of drug-likeness (QED) is 0.592. The molecule has 0 amide bonds. The van der Waals surface area contributed by atoms with Gasteiger partial charge in [0.2, 0.25) is 0 Å². The maximum absolute atomic E-state index is 13.0. The van der Waals surface area contributed by atoms with Gasteiger partial charge in [0.05, 0.1) is 5.56 Å². The number of nitrogen functional groups attached to an aromatic ring is 1. The summed E-state index contributed by atoms with van der Waals surface area (Å²) in [6, 6.07) is 3.54. The number of rotatable bonds is 4. The van der Waals surface area contributed by atoms with Crippen molar-refractivity contribution in [1.82, 2.24) is 24.9 Å². The SMILES string of the molecule is CC(C)c1nnc2nc(NCc3cc(N)cc(C(F)(F)F)c3)c3c(n12)CNC3. The molecule has 0 atom stereocenters. The van der Waals surface area contributed by atoms with Crippen molar-refractivity contribution in [2.75, 3.05) is 11.1 Å². The molecule has 148 valence electrons. The third-order valence-corrected chi connectivity index (χ3v) is 4.70. The molecular weight excluding hydrogens is 371 g/mol. The first-order chi connectivity index (χ1) is 13.2. The normalized spacial score (nSPS) is 14.1. The molecule has 0 saturated heterocycles. The molecule has 1 aliphatic heterocycles. The number of fused-ring (bicyclic) bond motifs is 3. The van der Waals surface area contributed by atoms with E-state index < -0.39 is 11.7 Å². The molecule has 2 aromatic heterocycles. The van der Waals surface area contributed by atoms with Crippen molar-refractivity contribution < 1.29 is 13.2 Å². The van der Waals surface area contributed by atoms with Crippen molar-refractivity contribution in [3.8, 4) is 0 Å². The summed E-state index contributed by atoms with van der Waals surface area (Å²) in [6.45, 7) is 5.50. The molecule has 0 saturated carbocycles. The molecule has 0 bridgehead atoms. The molecule has 4 rings (SSSR count). The molecule has 0 spiro atoms. The van der Waals surface area contributed by atoms with Crippen molar-refractivity contribution in [2.45, 2.75) is 45.6 Å². The molecule has 3 heterocycles. The minimum Gasteiger partial charge on any atom is -0.399 e. The first kappa shape index (κ1) is 18.5. The average Bonchev–Trinajstić information content (AvgIpc) is 3.24. The van der Waals surface area contributed by atoms with E-state index >= 15 is 0 Å². The average molecular weight is 391 g/mol. The van der Waals surface area contributed by atoms with Crippen molar-refractivity contribution in [3.05, 3.63) is 46.4 Å². The zero-order valence-electron chi connectivity index (χ0n) is 15.4. The molecule has 3 aromatic rings. The number of nitrogens with two attached hydrogens (primary N) is 1. The van der Waals surface area contributed by atoms with E-state index in [1.54, 1.807) is 0 Å². The van der Waals surface area contributed by atoms with E-state index in [9.17, 15) is 13.2 Å². The molecule has 7 nitrogen and oxygen atoms in total. The Hall–Kier alpha value is -2.88. The van der Waals surface area contributed by atoms with Gasteiger partial charge in [-0.05, 0) is 23.8 Å². The van der Waals surface area contributed by atoms with Gasteiger partial charge in [-0.25, -0.2) is 0 Å². The summed E-state index contributed by atoms with van der Waals surface area (Å²) in [5.41, 5.74) is 7.36. The Labute approximate surface area is 159 Å². The van der Waals surface area contributed by atoms with Gasteiger partial charge in [-0.15, -0.1) is 10.2 Å². The minimum atomic E-state index is -4.44. The van der Waals surface area contributed by atoms with Crippen LogP contribution in [0.25, 0.3) is 5.78 Å². The molecule has 1 aromatic carbocycles. The number of halogens is 3. The van der Waals surface area contributed by atoms with E-state index in [0.29, 0.717) is 30.2 Å². The zero-order valence-corrected chi connectivity index (χ0v) is 15.4. The largest absolute Gasteiger partial charge is 0.416 e. The molecule has 28 heavy (non-hydrogen) atoms. The Kier molecular flexibility index (Phi) is 4.37. The highest BCUT2D eigenvalue weighted by molar-refractivity contribution is 5.55. The van der Waals surface area contributed by atoms with Crippen LogP contribution in [-0.2, 0) is 25.8 Å². The van der Waals surface area contributed by atoms with Gasteiger partial charge in [0, 0.05) is 42.5 Å². The van der Waals surface area contributed by atoms with Gasteiger partial charge in [-0.3, -0.25) is 4.40 Å². The van der Waals surface area contributed by atoms with Crippen LogP contribution in [0.4, 0.5) is 24.7 Å². The number of hydrogen-bond donors (Lipinski definition) is 3. The Balaban J connectivity index is 1.68. The summed E-state index contributed by atoms with van der Waals surface area (Å²) in [5.74, 6) is 2.08. The first-order valence-electron chi connectivity index (χ1n) is 8.92. The second-order valence-electron chi connectivity index (χ2n) is 7.15. The van der Waals surface area contributed by atoms with Gasteiger partial charge in [0.1, 0.15) is 11.6 Å². The van der Waals surface area contributed by atoms with Crippen LogP contribution < -0.4 is 16.4 Å². The Morgan fingerprint density at radius 2 is 2.00 bits per heavy atom. The Bertz CT molecular complexity index is 1040. The molecule has 0 fully saturated rings. The highest BCUT2D eigenvalue weighted by atomic mass is 19.4. The lowest BCUT2D eigenvalue weighted by atomic mass is 10.1. The number of nitrogens with one attached hydrogen (secondary N) is 2. The Morgan fingerprint density at radius 3 is 2.71 bits per heavy atom. The molecular formula is C18H20F3N7. The number of hydrogen-bond acceptors (Lipinski definition) is 6. The summed E-state index contributed by atoms with van der Waals surface area (Å²) < 4.78 is 41.0. The maximum atomic E-state index is 13.0. The maximum Gasteiger partial charge on any atom is 0.416 e. The van der Waals surface area contributed by atoms with Crippen LogP contribution >= 0.6 is 0 Å². The predicted molar refractivity (Wildman–Crippen MR) is 98.6 cm³/mol. The van der Waals surface area contributed by atoms with E-state index in [1.807, 2.05) is 18.2 Å². The van der Waals surface area contributed by atoms with Gasteiger partial charge in [0.25, 0.3) is 5.78 Å². The second-order valence-corrected chi connectivity index (χ2v) is 7.15. The fourth-order valence-electron chi connectivity index (χ4n) is 3.43. The topological polar surface area (TPSA) is 93.2 Å². The lowest BCUT2D eigenvalue weighted by Gasteiger charge is -2.14. The molecule has 10 heteroatoms. The van der Waals surface area contributed by atoms with Crippen LogP contribution in [0.5, 0.6) is 0 Å². The van der Waals surface area contributed by atoms with E-state index in [2.05, 4.69) is 25.8 Å².